The molecule has 50 heavy (non-hydrogen) atoms. The Bertz CT molecular complexity index is 3150. The van der Waals surface area contributed by atoms with Gasteiger partial charge in [0.15, 0.2) is 0 Å². The number of para-hydroxylation sites is 2. The molecule has 232 valence electrons. The van der Waals surface area contributed by atoms with Gasteiger partial charge in [-0.05, 0) is 57.6 Å². The normalized spacial score (nSPS) is 12.0. The van der Waals surface area contributed by atoms with Crippen LogP contribution in [0, 0.1) is 0 Å². The van der Waals surface area contributed by atoms with Crippen LogP contribution in [-0.4, -0.2) is 14.5 Å². The predicted octanol–water partition coefficient (Wildman–Crippen LogP) is 12.7. The van der Waals surface area contributed by atoms with E-state index in [0.717, 1.165) is 38.8 Å². The standard InChI is InChI=1S/C46H27N3S/c1-2-13-28(14-3-1)29-15-12-16-30(27-29)44-35-21-8-10-23-37(35)47-46(48-44)49-38-24-11-9-22-36(38)41-39(49)25-26-40-43(41)42-33-19-6-4-17-31(33)32-18-5-7-20-34(32)45(42)50-40/h1-27H. The molecule has 3 heterocycles. The first kappa shape index (κ1) is 27.6. The number of thiophene rings is 1. The minimum absolute atomic E-state index is 0.671. The maximum absolute atomic E-state index is 5.42. The summed E-state index contributed by atoms with van der Waals surface area (Å²) in [7, 11) is 0. The van der Waals surface area contributed by atoms with E-state index >= 15 is 0 Å². The Balaban J connectivity index is 1.25. The third-order valence-electron chi connectivity index (χ3n) is 10.2. The summed E-state index contributed by atoms with van der Waals surface area (Å²) in [5.74, 6) is 0.671. The van der Waals surface area contributed by atoms with E-state index in [4.69, 9.17) is 9.97 Å². The molecular weight excluding hydrogens is 627 g/mol. The van der Waals surface area contributed by atoms with Crippen molar-refractivity contribution in [3.8, 4) is 28.3 Å². The predicted molar refractivity (Wildman–Crippen MR) is 213 cm³/mol. The first-order chi connectivity index (χ1) is 24.8. The highest BCUT2D eigenvalue weighted by atomic mass is 32.1. The molecule has 3 nitrogen and oxygen atoms in total. The van der Waals surface area contributed by atoms with Gasteiger partial charge in [0, 0.05) is 47.3 Å². The lowest BCUT2D eigenvalue weighted by Gasteiger charge is -2.12. The highest BCUT2D eigenvalue weighted by Gasteiger charge is 2.22. The van der Waals surface area contributed by atoms with Crippen LogP contribution in [0.4, 0.5) is 0 Å². The van der Waals surface area contributed by atoms with E-state index in [9.17, 15) is 0 Å². The molecule has 0 atom stereocenters. The van der Waals surface area contributed by atoms with Crippen LogP contribution in [0.3, 0.4) is 0 Å². The van der Waals surface area contributed by atoms with E-state index < -0.39 is 0 Å². The highest BCUT2D eigenvalue weighted by molar-refractivity contribution is 7.27. The van der Waals surface area contributed by atoms with Gasteiger partial charge >= 0.3 is 0 Å². The summed E-state index contributed by atoms with van der Waals surface area (Å²) < 4.78 is 4.89. The van der Waals surface area contributed by atoms with Crippen molar-refractivity contribution in [1.82, 2.24) is 14.5 Å². The summed E-state index contributed by atoms with van der Waals surface area (Å²) in [5.41, 5.74) is 7.46. The molecule has 0 amide bonds. The molecule has 11 rings (SSSR count). The van der Waals surface area contributed by atoms with Crippen molar-refractivity contribution in [2.75, 3.05) is 0 Å². The molecular formula is C46H27N3S. The Kier molecular flexibility index (Phi) is 5.83. The molecule has 0 aliphatic heterocycles. The maximum atomic E-state index is 5.42. The zero-order valence-corrected chi connectivity index (χ0v) is 27.7. The fourth-order valence-electron chi connectivity index (χ4n) is 8.02. The molecule has 3 aromatic heterocycles. The van der Waals surface area contributed by atoms with Crippen LogP contribution in [-0.2, 0) is 0 Å². The molecule has 0 aliphatic carbocycles. The molecule has 11 aromatic rings. The van der Waals surface area contributed by atoms with E-state index in [1.54, 1.807) is 0 Å². The Morgan fingerprint density at radius 3 is 1.88 bits per heavy atom. The van der Waals surface area contributed by atoms with Gasteiger partial charge in [0.1, 0.15) is 0 Å². The maximum Gasteiger partial charge on any atom is 0.235 e. The van der Waals surface area contributed by atoms with Crippen molar-refractivity contribution in [3.63, 3.8) is 0 Å². The molecule has 0 saturated carbocycles. The number of rotatable bonds is 3. The average molecular weight is 654 g/mol. The molecule has 0 radical (unpaired) electrons. The summed E-state index contributed by atoms with van der Waals surface area (Å²) in [4.78, 5) is 10.7. The number of hydrogen-bond donors (Lipinski definition) is 0. The van der Waals surface area contributed by atoms with Gasteiger partial charge in [0.05, 0.1) is 22.2 Å². The van der Waals surface area contributed by atoms with Gasteiger partial charge in [-0.2, -0.15) is 0 Å². The monoisotopic (exact) mass is 653 g/mol. The van der Waals surface area contributed by atoms with Gasteiger partial charge in [0.2, 0.25) is 5.95 Å². The van der Waals surface area contributed by atoms with Crippen LogP contribution in [0.25, 0.3) is 103 Å². The Hall–Kier alpha value is -6.36. The second-order valence-corrected chi connectivity index (χ2v) is 14.0. The minimum atomic E-state index is 0.671. The molecule has 0 unspecified atom stereocenters. The summed E-state index contributed by atoms with van der Waals surface area (Å²) in [5, 5.41) is 11.3. The van der Waals surface area contributed by atoms with Gasteiger partial charge in [-0.15, -0.1) is 11.3 Å². The third-order valence-corrected chi connectivity index (χ3v) is 11.4. The van der Waals surface area contributed by atoms with Crippen LogP contribution in [0.5, 0.6) is 0 Å². The Labute approximate surface area is 291 Å². The van der Waals surface area contributed by atoms with Gasteiger partial charge in [-0.1, -0.05) is 133 Å². The first-order valence-electron chi connectivity index (χ1n) is 16.9. The summed E-state index contributed by atoms with van der Waals surface area (Å²) in [6.45, 7) is 0. The number of benzene rings is 8. The lowest BCUT2D eigenvalue weighted by Crippen LogP contribution is -2.03. The second kappa shape index (κ2) is 10.6. The molecule has 0 bridgehead atoms. The fraction of sp³-hybridized carbons (Fsp3) is 0. The van der Waals surface area contributed by atoms with Crippen molar-refractivity contribution in [1.29, 1.82) is 0 Å². The lowest BCUT2D eigenvalue weighted by atomic mass is 9.96. The van der Waals surface area contributed by atoms with E-state index in [1.807, 2.05) is 11.3 Å². The largest absolute Gasteiger partial charge is 0.278 e. The molecule has 4 heteroatoms. The molecule has 8 aromatic carbocycles. The minimum Gasteiger partial charge on any atom is -0.278 e. The molecule has 0 saturated heterocycles. The smallest absolute Gasteiger partial charge is 0.235 e. The highest BCUT2D eigenvalue weighted by Crippen LogP contribution is 2.48. The van der Waals surface area contributed by atoms with Crippen molar-refractivity contribution in [2.24, 2.45) is 0 Å². The topological polar surface area (TPSA) is 30.7 Å². The van der Waals surface area contributed by atoms with Gasteiger partial charge in [-0.3, -0.25) is 4.57 Å². The van der Waals surface area contributed by atoms with E-state index in [2.05, 4.69) is 168 Å². The van der Waals surface area contributed by atoms with Gasteiger partial charge in [-0.25, -0.2) is 9.97 Å². The lowest BCUT2D eigenvalue weighted by molar-refractivity contribution is 1.01. The molecule has 0 fully saturated rings. The zero-order chi connectivity index (χ0) is 32.8. The average Bonchev–Trinajstić information content (AvgIpc) is 3.75. The van der Waals surface area contributed by atoms with E-state index in [0.29, 0.717) is 5.95 Å². The SMILES string of the molecule is c1ccc(-c2cccc(-c3nc(-n4c5ccccc5c5c6c(ccc54)sc4c5ccccc5c5ccccc5c46)nc4ccccc34)c2)cc1. The van der Waals surface area contributed by atoms with Crippen molar-refractivity contribution in [2.45, 2.75) is 0 Å². The number of nitrogens with zero attached hydrogens (tertiary/aromatic N) is 3. The van der Waals surface area contributed by atoms with Gasteiger partial charge in [0.25, 0.3) is 0 Å². The number of hydrogen-bond acceptors (Lipinski definition) is 3. The van der Waals surface area contributed by atoms with E-state index in [1.165, 1.54) is 58.1 Å². The van der Waals surface area contributed by atoms with Crippen LogP contribution in [0.15, 0.2) is 164 Å². The quantitative estimate of drug-likeness (QED) is 0.178. The zero-order valence-electron chi connectivity index (χ0n) is 26.8. The second-order valence-electron chi connectivity index (χ2n) is 12.9. The van der Waals surface area contributed by atoms with E-state index in [-0.39, 0.29) is 0 Å². The Morgan fingerprint density at radius 2 is 1.04 bits per heavy atom. The van der Waals surface area contributed by atoms with Crippen molar-refractivity contribution in [3.05, 3.63) is 164 Å². The summed E-state index contributed by atoms with van der Waals surface area (Å²) in [6, 6.07) is 58.6. The first-order valence-corrected chi connectivity index (χ1v) is 17.7. The van der Waals surface area contributed by atoms with Crippen LogP contribution in [0.1, 0.15) is 0 Å². The van der Waals surface area contributed by atoms with Crippen molar-refractivity contribution < 1.29 is 0 Å². The van der Waals surface area contributed by atoms with Gasteiger partial charge < -0.3 is 0 Å². The van der Waals surface area contributed by atoms with Crippen molar-refractivity contribution >= 4 is 85.8 Å². The summed E-state index contributed by atoms with van der Waals surface area (Å²) in [6.07, 6.45) is 0. The summed E-state index contributed by atoms with van der Waals surface area (Å²) >= 11 is 1.90. The Morgan fingerprint density at radius 1 is 0.400 bits per heavy atom. The van der Waals surface area contributed by atoms with Crippen LogP contribution >= 0.6 is 11.3 Å². The molecule has 0 aliphatic rings. The van der Waals surface area contributed by atoms with Crippen LogP contribution < -0.4 is 0 Å². The number of fused-ring (bicyclic) bond motifs is 13. The number of aromatic nitrogens is 3. The van der Waals surface area contributed by atoms with Crippen LogP contribution in [0.2, 0.25) is 0 Å². The molecule has 0 spiro atoms. The molecule has 0 N–H and O–H groups in total. The third kappa shape index (κ3) is 3.91. The fourth-order valence-corrected chi connectivity index (χ4v) is 9.29.